The molecule has 0 aromatic heterocycles. The number of carbonyl (C=O) groups is 2. The third kappa shape index (κ3) is 4.90. The summed E-state index contributed by atoms with van der Waals surface area (Å²) in [5, 5.41) is 22.5. The van der Waals surface area contributed by atoms with Gasteiger partial charge < -0.3 is 10.1 Å². The average Bonchev–Trinajstić information content (AvgIpc) is 2.67. The second kappa shape index (κ2) is 8.60. The van der Waals surface area contributed by atoms with Gasteiger partial charge in [-0.1, -0.05) is 23.7 Å². The van der Waals surface area contributed by atoms with Crippen LogP contribution in [0.1, 0.15) is 15.9 Å². The van der Waals surface area contributed by atoms with E-state index in [0.717, 1.165) is 6.07 Å². The number of hydrogen-bond acceptors (Lipinski definition) is 6. The average molecular weight is 386 g/mol. The lowest BCUT2D eigenvalue weighted by atomic mass is 10.1. The van der Waals surface area contributed by atoms with E-state index in [0.29, 0.717) is 11.1 Å². The summed E-state index contributed by atoms with van der Waals surface area (Å²) in [6.07, 6.45) is 1.31. The molecule has 0 spiro atoms. The van der Waals surface area contributed by atoms with Crippen LogP contribution in [0.4, 0.5) is 11.4 Å². The van der Waals surface area contributed by atoms with Crippen LogP contribution in [-0.4, -0.2) is 23.9 Å². The number of nitrogens with zero attached hydrogens (tertiary/aromatic N) is 2. The van der Waals surface area contributed by atoms with Crippen molar-refractivity contribution in [1.82, 2.24) is 0 Å². The maximum absolute atomic E-state index is 12.3. The number of esters is 1. The fourth-order valence-electron chi connectivity index (χ4n) is 2.06. The number of benzene rings is 2. The largest absolute Gasteiger partial charge is 0.465 e. The van der Waals surface area contributed by atoms with Gasteiger partial charge in [0.25, 0.3) is 11.6 Å². The predicted molar refractivity (Wildman–Crippen MR) is 98.1 cm³/mol. The minimum atomic E-state index is -0.781. The van der Waals surface area contributed by atoms with Crippen molar-refractivity contribution in [3.8, 4) is 6.07 Å². The highest BCUT2D eigenvalue weighted by molar-refractivity contribution is 6.34. The summed E-state index contributed by atoms with van der Waals surface area (Å²) in [4.78, 5) is 33.9. The van der Waals surface area contributed by atoms with Crippen molar-refractivity contribution in [2.45, 2.75) is 0 Å². The number of nitro benzene ring substituents is 1. The van der Waals surface area contributed by atoms with E-state index in [1.165, 1.54) is 49.6 Å². The number of non-ortho nitro benzene ring substituents is 1. The van der Waals surface area contributed by atoms with Crippen LogP contribution >= 0.6 is 11.6 Å². The number of amides is 1. The standard InChI is InChI=1S/C18H12ClN3O5/c1-27-18(24)12-4-2-11(3-5-12)8-13(10-20)17(23)21-16-9-14(22(25)26)6-7-15(16)19/h2-9H,1H3,(H,21,23)/b13-8+. The lowest BCUT2D eigenvalue weighted by Gasteiger charge is -2.06. The SMILES string of the molecule is COC(=O)c1ccc(/C=C(\C#N)C(=O)Nc2cc([N+](=O)[O-])ccc2Cl)cc1. The maximum Gasteiger partial charge on any atom is 0.337 e. The van der Waals surface area contributed by atoms with Crippen LogP contribution in [0.15, 0.2) is 48.0 Å². The molecule has 0 radical (unpaired) electrons. The van der Waals surface area contributed by atoms with Crippen molar-refractivity contribution in [1.29, 1.82) is 5.26 Å². The molecule has 0 saturated heterocycles. The number of halogens is 1. The number of nitro groups is 1. The molecule has 0 saturated carbocycles. The number of rotatable bonds is 5. The monoisotopic (exact) mass is 385 g/mol. The van der Waals surface area contributed by atoms with Crippen molar-refractivity contribution in [3.63, 3.8) is 0 Å². The molecule has 0 aliphatic carbocycles. The molecule has 9 heteroatoms. The number of methoxy groups -OCH3 is 1. The van der Waals surface area contributed by atoms with Gasteiger partial charge >= 0.3 is 5.97 Å². The molecule has 8 nitrogen and oxygen atoms in total. The third-order valence-corrected chi connectivity index (χ3v) is 3.75. The number of anilines is 1. The second-order valence-electron chi connectivity index (χ2n) is 5.16. The molecule has 1 amide bonds. The topological polar surface area (TPSA) is 122 Å². The van der Waals surface area contributed by atoms with Crippen molar-refractivity contribution < 1.29 is 19.2 Å². The molecule has 2 aromatic carbocycles. The van der Waals surface area contributed by atoms with Gasteiger partial charge in [-0.05, 0) is 29.8 Å². The molecule has 0 fully saturated rings. The summed E-state index contributed by atoms with van der Waals surface area (Å²) in [5.41, 5.74) is 0.331. The fraction of sp³-hybridized carbons (Fsp3) is 0.0556. The Labute approximate surface area is 158 Å². The van der Waals surface area contributed by atoms with E-state index >= 15 is 0 Å². The number of ether oxygens (including phenoxy) is 1. The lowest BCUT2D eigenvalue weighted by Crippen LogP contribution is -2.14. The second-order valence-corrected chi connectivity index (χ2v) is 5.57. The summed E-state index contributed by atoms with van der Waals surface area (Å²) in [6, 6.07) is 11.4. The third-order valence-electron chi connectivity index (χ3n) is 3.42. The van der Waals surface area contributed by atoms with Gasteiger partial charge in [-0.15, -0.1) is 0 Å². The highest BCUT2D eigenvalue weighted by Crippen LogP contribution is 2.27. The van der Waals surface area contributed by atoms with Crippen molar-refractivity contribution in [2.75, 3.05) is 12.4 Å². The van der Waals surface area contributed by atoms with Gasteiger partial charge in [0.1, 0.15) is 11.6 Å². The van der Waals surface area contributed by atoms with Crippen LogP contribution in [0.5, 0.6) is 0 Å². The molecule has 0 atom stereocenters. The van der Waals surface area contributed by atoms with Gasteiger partial charge in [0.05, 0.1) is 28.3 Å². The van der Waals surface area contributed by atoms with Crippen LogP contribution < -0.4 is 5.32 Å². The first kappa shape index (κ1) is 19.6. The summed E-state index contributed by atoms with van der Waals surface area (Å²) in [5.74, 6) is -1.29. The Hall–Kier alpha value is -3.70. The Morgan fingerprint density at radius 3 is 2.48 bits per heavy atom. The summed E-state index contributed by atoms with van der Waals surface area (Å²) >= 11 is 5.93. The molecule has 0 bridgehead atoms. The van der Waals surface area contributed by atoms with E-state index in [1.807, 2.05) is 0 Å². The van der Waals surface area contributed by atoms with Gasteiger partial charge in [-0.2, -0.15) is 5.26 Å². The summed E-state index contributed by atoms with van der Waals surface area (Å²) in [6.45, 7) is 0. The predicted octanol–water partition coefficient (Wildman–Crippen LogP) is 3.58. The zero-order valence-corrected chi connectivity index (χ0v) is 14.7. The normalized spacial score (nSPS) is 10.6. The minimum Gasteiger partial charge on any atom is -0.465 e. The Kier molecular flexibility index (Phi) is 6.25. The number of nitriles is 1. The number of hydrogen-bond donors (Lipinski definition) is 1. The maximum atomic E-state index is 12.3. The highest BCUT2D eigenvalue weighted by atomic mass is 35.5. The number of nitrogens with one attached hydrogen (secondary N) is 1. The summed E-state index contributed by atoms with van der Waals surface area (Å²) in [7, 11) is 1.26. The zero-order chi connectivity index (χ0) is 20.0. The first-order valence-electron chi connectivity index (χ1n) is 7.41. The quantitative estimate of drug-likeness (QED) is 0.276. The molecule has 1 N–H and O–H groups in total. The minimum absolute atomic E-state index is 0.0121. The molecule has 0 aliphatic rings. The van der Waals surface area contributed by atoms with Crippen LogP contribution in [0.3, 0.4) is 0 Å². The van der Waals surface area contributed by atoms with Crippen LogP contribution in [0, 0.1) is 21.4 Å². The van der Waals surface area contributed by atoms with E-state index in [2.05, 4.69) is 10.1 Å². The molecule has 0 unspecified atom stereocenters. The highest BCUT2D eigenvalue weighted by Gasteiger charge is 2.15. The molecule has 2 aromatic rings. The molecule has 136 valence electrons. The Morgan fingerprint density at radius 2 is 1.93 bits per heavy atom. The van der Waals surface area contributed by atoms with Crippen molar-refractivity contribution >= 4 is 40.9 Å². The summed E-state index contributed by atoms with van der Waals surface area (Å²) < 4.78 is 4.59. The van der Waals surface area contributed by atoms with Crippen LogP contribution in [0.25, 0.3) is 6.08 Å². The Morgan fingerprint density at radius 1 is 1.26 bits per heavy atom. The van der Waals surface area contributed by atoms with Crippen molar-refractivity contribution in [2.24, 2.45) is 0 Å². The van der Waals surface area contributed by atoms with Gasteiger partial charge in [-0.25, -0.2) is 4.79 Å². The molecule has 27 heavy (non-hydrogen) atoms. The zero-order valence-electron chi connectivity index (χ0n) is 13.9. The molecular weight excluding hydrogens is 374 g/mol. The van der Waals surface area contributed by atoms with Gasteiger partial charge in [0.2, 0.25) is 0 Å². The molecule has 0 heterocycles. The van der Waals surface area contributed by atoms with E-state index in [-0.39, 0.29) is 22.0 Å². The molecule has 2 rings (SSSR count). The van der Waals surface area contributed by atoms with Crippen molar-refractivity contribution in [3.05, 3.63) is 74.3 Å². The van der Waals surface area contributed by atoms with E-state index in [4.69, 9.17) is 11.6 Å². The molecular formula is C18H12ClN3O5. The van der Waals surface area contributed by atoms with Gasteiger partial charge in [0, 0.05) is 12.1 Å². The van der Waals surface area contributed by atoms with E-state index < -0.39 is 16.8 Å². The smallest absolute Gasteiger partial charge is 0.337 e. The van der Waals surface area contributed by atoms with E-state index in [9.17, 15) is 25.0 Å². The van der Waals surface area contributed by atoms with Gasteiger partial charge in [0.15, 0.2) is 0 Å². The first-order valence-corrected chi connectivity index (χ1v) is 7.79. The van der Waals surface area contributed by atoms with Crippen LogP contribution in [-0.2, 0) is 9.53 Å². The Bertz CT molecular complexity index is 977. The lowest BCUT2D eigenvalue weighted by molar-refractivity contribution is -0.384. The van der Waals surface area contributed by atoms with E-state index in [1.54, 1.807) is 6.07 Å². The van der Waals surface area contributed by atoms with Gasteiger partial charge in [-0.3, -0.25) is 14.9 Å². The van der Waals surface area contributed by atoms with Crippen LogP contribution in [0.2, 0.25) is 5.02 Å². The number of carbonyl (C=O) groups excluding carboxylic acids is 2. The molecule has 0 aliphatic heterocycles. The Balaban J connectivity index is 2.25. The fourth-order valence-corrected chi connectivity index (χ4v) is 2.23. The first-order chi connectivity index (χ1) is 12.8.